The van der Waals surface area contributed by atoms with E-state index >= 15 is 0 Å². The standard InChI is InChI=1S/C20H36N2O2/c1-5-21(6-2)14-10-16-23-19-12-9-13-20(18-19)24-17-11-15-22(7-3)8-4/h9,12-13,18H,5-8,10-11,14-17H2,1-4H3. The monoisotopic (exact) mass is 336 g/mol. The molecule has 0 N–H and O–H groups in total. The third-order valence-corrected chi connectivity index (χ3v) is 4.37. The lowest BCUT2D eigenvalue weighted by molar-refractivity contribution is 0.242. The molecular weight excluding hydrogens is 300 g/mol. The van der Waals surface area contributed by atoms with Gasteiger partial charge in [0.15, 0.2) is 0 Å². The van der Waals surface area contributed by atoms with Crippen LogP contribution in [0.2, 0.25) is 0 Å². The van der Waals surface area contributed by atoms with Crippen LogP contribution < -0.4 is 9.47 Å². The predicted octanol–water partition coefficient (Wildman–Crippen LogP) is 3.91. The van der Waals surface area contributed by atoms with Gasteiger partial charge in [0.05, 0.1) is 13.2 Å². The quantitative estimate of drug-likeness (QED) is 0.481. The van der Waals surface area contributed by atoms with Gasteiger partial charge in [-0.15, -0.1) is 0 Å². The van der Waals surface area contributed by atoms with Gasteiger partial charge < -0.3 is 19.3 Å². The maximum absolute atomic E-state index is 5.85. The van der Waals surface area contributed by atoms with Gasteiger partial charge >= 0.3 is 0 Å². The van der Waals surface area contributed by atoms with Gasteiger partial charge in [-0.25, -0.2) is 0 Å². The molecule has 4 heteroatoms. The zero-order valence-electron chi connectivity index (χ0n) is 16.1. The van der Waals surface area contributed by atoms with Crippen LogP contribution in [0.1, 0.15) is 40.5 Å². The number of benzene rings is 1. The van der Waals surface area contributed by atoms with Crippen LogP contribution in [0.25, 0.3) is 0 Å². The van der Waals surface area contributed by atoms with Crippen LogP contribution in [0.4, 0.5) is 0 Å². The van der Waals surface area contributed by atoms with Crippen LogP contribution in [0, 0.1) is 0 Å². The molecule has 0 radical (unpaired) electrons. The number of hydrogen-bond donors (Lipinski definition) is 0. The molecule has 0 heterocycles. The Balaban J connectivity index is 2.25. The van der Waals surface area contributed by atoms with Gasteiger partial charge in [0.1, 0.15) is 11.5 Å². The molecule has 138 valence electrons. The Morgan fingerprint density at radius 1 is 0.708 bits per heavy atom. The first-order valence-corrected chi connectivity index (χ1v) is 9.53. The molecule has 0 bridgehead atoms. The van der Waals surface area contributed by atoms with E-state index in [-0.39, 0.29) is 0 Å². The normalized spacial score (nSPS) is 11.2. The lowest BCUT2D eigenvalue weighted by Crippen LogP contribution is -2.25. The van der Waals surface area contributed by atoms with Crippen LogP contribution in [0.5, 0.6) is 11.5 Å². The van der Waals surface area contributed by atoms with Crippen molar-refractivity contribution in [3.63, 3.8) is 0 Å². The maximum atomic E-state index is 5.85. The molecule has 0 saturated heterocycles. The Morgan fingerprint density at radius 2 is 1.12 bits per heavy atom. The van der Waals surface area contributed by atoms with Crippen LogP contribution >= 0.6 is 0 Å². The van der Waals surface area contributed by atoms with Crippen molar-refractivity contribution in [1.82, 2.24) is 9.80 Å². The summed E-state index contributed by atoms with van der Waals surface area (Å²) in [5.41, 5.74) is 0. The van der Waals surface area contributed by atoms with Gasteiger partial charge in [-0.05, 0) is 51.2 Å². The highest BCUT2D eigenvalue weighted by atomic mass is 16.5. The van der Waals surface area contributed by atoms with Crippen molar-refractivity contribution in [1.29, 1.82) is 0 Å². The van der Waals surface area contributed by atoms with E-state index in [1.807, 2.05) is 24.3 Å². The van der Waals surface area contributed by atoms with E-state index in [4.69, 9.17) is 9.47 Å². The van der Waals surface area contributed by atoms with Gasteiger partial charge in [0.2, 0.25) is 0 Å². The summed E-state index contributed by atoms with van der Waals surface area (Å²) in [5, 5.41) is 0. The minimum atomic E-state index is 0.752. The minimum absolute atomic E-state index is 0.752. The molecule has 1 rings (SSSR count). The average Bonchev–Trinajstić information content (AvgIpc) is 2.62. The highest BCUT2D eigenvalue weighted by molar-refractivity contribution is 5.32. The average molecular weight is 337 g/mol. The van der Waals surface area contributed by atoms with E-state index in [9.17, 15) is 0 Å². The molecule has 4 nitrogen and oxygen atoms in total. The maximum Gasteiger partial charge on any atom is 0.122 e. The van der Waals surface area contributed by atoms with Crippen LogP contribution in [-0.2, 0) is 0 Å². The SMILES string of the molecule is CCN(CC)CCCOc1cccc(OCCCN(CC)CC)c1. The summed E-state index contributed by atoms with van der Waals surface area (Å²) in [6.07, 6.45) is 2.10. The number of nitrogens with zero attached hydrogens (tertiary/aromatic N) is 2. The molecule has 0 unspecified atom stereocenters. The van der Waals surface area contributed by atoms with Gasteiger partial charge in [-0.3, -0.25) is 0 Å². The van der Waals surface area contributed by atoms with E-state index in [2.05, 4.69) is 37.5 Å². The fourth-order valence-corrected chi connectivity index (χ4v) is 2.69. The van der Waals surface area contributed by atoms with Gasteiger partial charge in [0.25, 0.3) is 0 Å². The molecule has 0 aliphatic rings. The van der Waals surface area contributed by atoms with Gasteiger partial charge in [-0.1, -0.05) is 33.8 Å². The lowest BCUT2D eigenvalue weighted by Gasteiger charge is -2.18. The smallest absolute Gasteiger partial charge is 0.122 e. The predicted molar refractivity (Wildman–Crippen MR) is 102 cm³/mol. The third-order valence-electron chi connectivity index (χ3n) is 4.37. The fraction of sp³-hybridized carbons (Fsp3) is 0.700. The second-order valence-corrected chi connectivity index (χ2v) is 5.93. The minimum Gasteiger partial charge on any atom is -0.493 e. The zero-order chi connectivity index (χ0) is 17.6. The first kappa shape index (κ1) is 20.8. The summed E-state index contributed by atoms with van der Waals surface area (Å²) in [6.45, 7) is 16.9. The number of rotatable bonds is 14. The number of hydrogen-bond acceptors (Lipinski definition) is 4. The molecule has 0 fully saturated rings. The largest absolute Gasteiger partial charge is 0.493 e. The first-order chi connectivity index (χ1) is 11.7. The zero-order valence-corrected chi connectivity index (χ0v) is 16.1. The molecule has 24 heavy (non-hydrogen) atoms. The Bertz CT molecular complexity index is 383. The van der Waals surface area contributed by atoms with Crippen LogP contribution in [0.3, 0.4) is 0 Å². The molecule has 0 spiro atoms. The highest BCUT2D eigenvalue weighted by Crippen LogP contribution is 2.19. The van der Waals surface area contributed by atoms with E-state index in [1.165, 1.54) is 0 Å². The molecule has 0 atom stereocenters. The van der Waals surface area contributed by atoms with Gasteiger partial charge in [0, 0.05) is 19.2 Å². The van der Waals surface area contributed by atoms with Gasteiger partial charge in [-0.2, -0.15) is 0 Å². The van der Waals surface area contributed by atoms with Crippen molar-refractivity contribution in [3.8, 4) is 11.5 Å². The molecule has 1 aromatic carbocycles. The van der Waals surface area contributed by atoms with E-state index in [1.54, 1.807) is 0 Å². The van der Waals surface area contributed by atoms with Crippen molar-refractivity contribution in [3.05, 3.63) is 24.3 Å². The molecule has 0 aliphatic heterocycles. The lowest BCUT2D eigenvalue weighted by atomic mass is 10.3. The molecule has 0 amide bonds. The molecule has 0 aliphatic carbocycles. The summed E-state index contributed by atoms with van der Waals surface area (Å²) < 4.78 is 11.7. The Morgan fingerprint density at radius 3 is 1.50 bits per heavy atom. The summed E-state index contributed by atoms with van der Waals surface area (Å²) in [4.78, 5) is 4.83. The Hall–Kier alpha value is -1.26. The van der Waals surface area contributed by atoms with E-state index in [0.29, 0.717) is 0 Å². The third kappa shape index (κ3) is 8.55. The van der Waals surface area contributed by atoms with Crippen molar-refractivity contribution in [2.75, 3.05) is 52.5 Å². The summed E-state index contributed by atoms with van der Waals surface area (Å²) in [5.74, 6) is 1.80. The van der Waals surface area contributed by atoms with Crippen molar-refractivity contribution >= 4 is 0 Å². The van der Waals surface area contributed by atoms with E-state index < -0.39 is 0 Å². The van der Waals surface area contributed by atoms with E-state index in [0.717, 1.165) is 76.8 Å². The molecule has 0 saturated carbocycles. The number of ether oxygens (including phenoxy) is 2. The summed E-state index contributed by atoms with van der Waals surface area (Å²) in [7, 11) is 0. The topological polar surface area (TPSA) is 24.9 Å². The Labute approximate surface area is 148 Å². The van der Waals surface area contributed by atoms with Crippen LogP contribution in [0.15, 0.2) is 24.3 Å². The second kappa shape index (κ2) is 13.1. The molecule has 0 aromatic heterocycles. The van der Waals surface area contributed by atoms with Crippen molar-refractivity contribution in [2.45, 2.75) is 40.5 Å². The van der Waals surface area contributed by atoms with Crippen molar-refractivity contribution < 1.29 is 9.47 Å². The highest BCUT2D eigenvalue weighted by Gasteiger charge is 2.02. The summed E-state index contributed by atoms with van der Waals surface area (Å²) in [6, 6.07) is 7.99. The summed E-state index contributed by atoms with van der Waals surface area (Å²) >= 11 is 0. The fourth-order valence-electron chi connectivity index (χ4n) is 2.69. The Kier molecular flexibility index (Phi) is 11.3. The first-order valence-electron chi connectivity index (χ1n) is 9.53. The molecular formula is C20H36N2O2. The second-order valence-electron chi connectivity index (χ2n) is 5.93. The van der Waals surface area contributed by atoms with Crippen molar-refractivity contribution in [2.24, 2.45) is 0 Å². The molecule has 1 aromatic rings. The van der Waals surface area contributed by atoms with Crippen LogP contribution in [-0.4, -0.2) is 62.3 Å².